The molecule has 8 nitrogen and oxygen atoms in total. The van der Waals surface area contributed by atoms with E-state index in [1.165, 1.54) is 12.1 Å². The summed E-state index contributed by atoms with van der Waals surface area (Å²) >= 11 is 0. The Morgan fingerprint density at radius 1 is 1.15 bits per heavy atom. The summed E-state index contributed by atoms with van der Waals surface area (Å²) in [5, 5.41) is 12.9. The second-order valence-corrected chi connectivity index (χ2v) is 7.61. The van der Waals surface area contributed by atoms with Crippen molar-refractivity contribution in [1.82, 2.24) is 30.5 Å². The second kappa shape index (κ2) is 9.99. The number of pyridine rings is 1. The number of rotatable bonds is 8. The summed E-state index contributed by atoms with van der Waals surface area (Å²) in [7, 11) is 0. The molecule has 168 valence electrons. The third-order valence-electron chi connectivity index (χ3n) is 5.29. The number of aryl methyl sites for hydroxylation is 1. The molecule has 0 spiro atoms. The quantitative estimate of drug-likeness (QED) is 0.383. The predicted molar refractivity (Wildman–Crippen MR) is 122 cm³/mol. The molecule has 4 aromatic rings. The zero-order valence-corrected chi connectivity index (χ0v) is 18.3. The van der Waals surface area contributed by atoms with Gasteiger partial charge >= 0.3 is 0 Å². The first-order chi connectivity index (χ1) is 16.0. The first-order valence-corrected chi connectivity index (χ1v) is 10.6. The number of anilines is 1. The highest BCUT2D eigenvalue weighted by atomic mass is 19.1. The fraction of sp³-hybridized carbons (Fsp3) is 0.208. The van der Waals surface area contributed by atoms with Crippen molar-refractivity contribution in [3.63, 3.8) is 0 Å². The molecule has 0 saturated heterocycles. The Hall–Kier alpha value is -4.14. The molecule has 1 atom stereocenters. The van der Waals surface area contributed by atoms with Gasteiger partial charge in [-0.2, -0.15) is 5.10 Å². The summed E-state index contributed by atoms with van der Waals surface area (Å²) in [6.45, 7) is 4.36. The highest BCUT2D eigenvalue weighted by Gasteiger charge is 2.22. The van der Waals surface area contributed by atoms with E-state index < -0.39 is 17.8 Å². The Morgan fingerprint density at radius 3 is 2.76 bits per heavy atom. The molecule has 3 aromatic heterocycles. The molecule has 0 fully saturated rings. The number of aromatic amines is 1. The van der Waals surface area contributed by atoms with Crippen molar-refractivity contribution in [2.75, 3.05) is 11.9 Å². The van der Waals surface area contributed by atoms with Crippen molar-refractivity contribution in [3.8, 4) is 0 Å². The average Bonchev–Trinajstić information content (AvgIpc) is 3.34. The molecule has 3 heterocycles. The number of nitrogens with zero attached hydrogens (tertiary/aromatic N) is 4. The highest BCUT2D eigenvalue weighted by Crippen LogP contribution is 2.22. The smallest absolute Gasteiger partial charge is 0.289 e. The fourth-order valence-electron chi connectivity index (χ4n) is 3.40. The molecule has 33 heavy (non-hydrogen) atoms. The zero-order chi connectivity index (χ0) is 23.2. The van der Waals surface area contributed by atoms with E-state index in [0.29, 0.717) is 29.3 Å². The van der Waals surface area contributed by atoms with Crippen LogP contribution in [0.4, 0.5) is 10.2 Å². The maximum Gasteiger partial charge on any atom is 0.289 e. The Balaban J connectivity index is 1.57. The Labute approximate surface area is 190 Å². The molecule has 0 saturated carbocycles. The van der Waals surface area contributed by atoms with Gasteiger partial charge in [-0.05, 0) is 55.7 Å². The molecule has 0 aliphatic heterocycles. The summed E-state index contributed by atoms with van der Waals surface area (Å²) < 4.78 is 13.9. The monoisotopic (exact) mass is 445 g/mol. The predicted octanol–water partition coefficient (Wildman–Crippen LogP) is 3.52. The fourth-order valence-corrected chi connectivity index (χ4v) is 3.40. The number of hydrogen-bond donors (Lipinski definition) is 3. The van der Waals surface area contributed by atoms with Gasteiger partial charge in [-0.1, -0.05) is 18.2 Å². The molecular weight excluding hydrogens is 421 g/mol. The summed E-state index contributed by atoms with van der Waals surface area (Å²) in [6.07, 6.45) is 5.98. The third kappa shape index (κ3) is 5.38. The van der Waals surface area contributed by atoms with Crippen molar-refractivity contribution in [2.24, 2.45) is 0 Å². The zero-order valence-electron chi connectivity index (χ0n) is 18.3. The Morgan fingerprint density at radius 2 is 2.03 bits per heavy atom. The lowest BCUT2D eigenvalue weighted by Gasteiger charge is -2.19. The van der Waals surface area contributed by atoms with Crippen LogP contribution in [0.2, 0.25) is 0 Å². The van der Waals surface area contributed by atoms with Crippen LogP contribution in [0.15, 0.2) is 61.1 Å². The SMILES string of the molecule is Cc1nc(C(=O)NC(c2cccc(F)c2)c2ccccn2)nc(NCCc2cn[nH]c2)c1C. The average molecular weight is 446 g/mol. The van der Waals surface area contributed by atoms with E-state index in [1.807, 2.05) is 26.1 Å². The molecular formula is C24H24FN7O. The van der Waals surface area contributed by atoms with Gasteiger partial charge in [-0.25, -0.2) is 14.4 Å². The van der Waals surface area contributed by atoms with Gasteiger partial charge in [0.05, 0.1) is 17.9 Å². The number of H-pyrrole nitrogens is 1. The van der Waals surface area contributed by atoms with Crippen LogP contribution in [0.5, 0.6) is 0 Å². The minimum absolute atomic E-state index is 0.0289. The standard InChI is InChI=1S/C24H24FN7O/c1-15-16(2)30-23(32-22(15)27-11-9-17-13-28-29-14-17)24(33)31-21(20-8-3-4-10-26-20)18-6-5-7-19(25)12-18/h3-8,10,12-14,21H,9,11H2,1-2H3,(H,28,29)(H,31,33)(H,27,30,32). The van der Waals surface area contributed by atoms with Crippen LogP contribution in [0.25, 0.3) is 0 Å². The molecule has 1 aromatic carbocycles. The first kappa shape index (κ1) is 22.1. The van der Waals surface area contributed by atoms with Crippen LogP contribution in [0.3, 0.4) is 0 Å². The molecule has 0 radical (unpaired) electrons. The molecule has 0 bridgehead atoms. The van der Waals surface area contributed by atoms with Crippen molar-refractivity contribution in [3.05, 3.63) is 101 Å². The Kier molecular flexibility index (Phi) is 6.68. The maximum absolute atomic E-state index is 13.9. The number of nitrogens with one attached hydrogen (secondary N) is 3. The molecule has 4 rings (SSSR count). The molecule has 0 aliphatic rings. The summed E-state index contributed by atoms with van der Waals surface area (Å²) in [6, 6.07) is 10.8. The van der Waals surface area contributed by atoms with Crippen LogP contribution in [-0.4, -0.2) is 37.6 Å². The van der Waals surface area contributed by atoms with Crippen LogP contribution in [0, 0.1) is 19.7 Å². The molecule has 0 aliphatic carbocycles. The summed E-state index contributed by atoms with van der Waals surface area (Å²) in [5.74, 6) is -0.248. The minimum atomic E-state index is -0.655. The van der Waals surface area contributed by atoms with Crippen molar-refractivity contribution < 1.29 is 9.18 Å². The van der Waals surface area contributed by atoms with Gasteiger partial charge < -0.3 is 10.6 Å². The second-order valence-electron chi connectivity index (χ2n) is 7.61. The van der Waals surface area contributed by atoms with Crippen LogP contribution in [-0.2, 0) is 6.42 Å². The van der Waals surface area contributed by atoms with Crippen LogP contribution in [0.1, 0.15) is 44.7 Å². The molecule has 9 heteroatoms. The van der Waals surface area contributed by atoms with E-state index in [-0.39, 0.29) is 5.82 Å². The van der Waals surface area contributed by atoms with Gasteiger partial charge in [0.2, 0.25) is 5.82 Å². The number of carbonyl (C=O) groups excluding carboxylic acids is 1. The van der Waals surface area contributed by atoms with E-state index in [2.05, 4.69) is 35.8 Å². The van der Waals surface area contributed by atoms with Crippen LogP contribution < -0.4 is 10.6 Å². The number of carbonyl (C=O) groups is 1. The van der Waals surface area contributed by atoms with Crippen molar-refractivity contribution in [1.29, 1.82) is 0 Å². The lowest BCUT2D eigenvalue weighted by atomic mass is 10.0. The first-order valence-electron chi connectivity index (χ1n) is 10.6. The van der Waals surface area contributed by atoms with Gasteiger partial charge in [0.15, 0.2) is 0 Å². The van der Waals surface area contributed by atoms with E-state index >= 15 is 0 Å². The van der Waals surface area contributed by atoms with Gasteiger partial charge in [0, 0.05) is 30.2 Å². The number of amides is 1. The highest BCUT2D eigenvalue weighted by molar-refractivity contribution is 5.91. The Bertz CT molecular complexity index is 1230. The van der Waals surface area contributed by atoms with E-state index in [9.17, 15) is 9.18 Å². The van der Waals surface area contributed by atoms with E-state index in [0.717, 1.165) is 17.5 Å². The maximum atomic E-state index is 13.9. The lowest BCUT2D eigenvalue weighted by Crippen LogP contribution is -2.32. The van der Waals surface area contributed by atoms with E-state index in [1.54, 1.807) is 36.7 Å². The van der Waals surface area contributed by atoms with Gasteiger partial charge in [0.1, 0.15) is 11.6 Å². The summed E-state index contributed by atoms with van der Waals surface area (Å²) in [5.41, 5.74) is 3.78. The largest absolute Gasteiger partial charge is 0.369 e. The molecule has 1 amide bonds. The topological polar surface area (TPSA) is 108 Å². The van der Waals surface area contributed by atoms with Crippen LogP contribution >= 0.6 is 0 Å². The molecule has 3 N–H and O–H groups in total. The third-order valence-corrected chi connectivity index (χ3v) is 5.29. The van der Waals surface area contributed by atoms with Gasteiger partial charge in [-0.3, -0.25) is 14.9 Å². The van der Waals surface area contributed by atoms with Gasteiger partial charge in [-0.15, -0.1) is 0 Å². The van der Waals surface area contributed by atoms with E-state index in [4.69, 9.17) is 0 Å². The molecule has 1 unspecified atom stereocenters. The van der Waals surface area contributed by atoms with Gasteiger partial charge in [0.25, 0.3) is 5.91 Å². The summed E-state index contributed by atoms with van der Waals surface area (Å²) in [4.78, 5) is 26.3. The number of aromatic nitrogens is 5. The normalized spacial score (nSPS) is 11.7. The minimum Gasteiger partial charge on any atom is -0.369 e. The number of halogens is 1. The number of benzene rings is 1. The van der Waals surface area contributed by atoms with Crippen molar-refractivity contribution in [2.45, 2.75) is 26.3 Å². The number of hydrogen-bond acceptors (Lipinski definition) is 6. The lowest BCUT2D eigenvalue weighted by molar-refractivity contribution is 0.0931. The van der Waals surface area contributed by atoms with Crippen molar-refractivity contribution >= 4 is 11.7 Å².